The van der Waals surface area contributed by atoms with Gasteiger partial charge in [0.1, 0.15) is 11.9 Å². The Kier molecular flexibility index (Phi) is 5.81. The lowest BCUT2D eigenvalue weighted by molar-refractivity contribution is -0.136. The van der Waals surface area contributed by atoms with Crippen LogP contribution in [0.2, 0.25) is 0 Å². The molecule has 1 aliphatic heterocycles. The summed E-state index contributed by atoms with van der Waals surface area (Å²) in [6.45, 7) is 4.77. The third-order valence-electron chi connectivity index (χ3n) is 8.68. The van der Waals surface area contributed by atoms with Gasteiger partial charge in [0.25, 0.3) is 0 Å². The Labute approximate surface area is 223 Å². The van der Waals surface area contributed by atoms with Crippen molar-refractivity contribution in [3.63, 3.8) is 0 Å². The molecule has 4 fully saturated rings. The van der Waals surface area contributed by atoms with Crippen LogP contribution in [0.25, 0.3) is 21.9 Å². The minimum absolute atomic E-state index is 0.0205. The number of rotatable bonds is 7. The van der Waals surface area contributed by atoms with Crippen LogP contribution in [0.5, 0.6) is 0 Å². The zero-order valence-electron chi connectivity index (χ0n) is 21.8. The lowest BCUT2D eigenvalue weighted by Crippen LogP contribution is -2.57. The van der Waals surface area contributed by atoms with Crippen LogP contribution >= 0.6 is 0 Å². The number of benzene rings is 1. The molecule has 2 aromatic heterocycles. The predicted octanol–water partition coefficient (Wildman–Crippen LogP) is 4.90. The molecular weight excluding hydrogens is 474 g/mol. The third-order valence-corrected chi connectivity index (χ3v) is 8.68. The molecule has 38 heavy (non-hydrogen) atoms. The summed E-state index contributed by atoms with van der Waals surface area (Å²) in [6, 6.07) is 13.0. The van der Waals surface area contributed by atoms with Gasteiger partial charge in [0.15, 0.2) is 0 Å². The van der Waals surface area contributed by atoms with E-state index in [9.17, 15) is 10.1 Å². The lowest BCUT2D eigenvalue weighted by atomic mass is 9.95. The number of aromatic nitrogens is 2. The topological polar surface area (TPSA) is 82.3 Å². The summed E-state index contributed by atoms with van der Waals surface area (Å²) < 4.78 is 5.72. The highest BCUT2D eigenvalue weighted by molar-refractivity contribution is 5.97. The van der Waals surface area contributed by atoms with Crippen molar-refractivity contribution in [1.29, 1.82) is 5.26 Å². The molecule has 1 unspecified atom stereocenters. The fraction of sp³-hybridized carbons (Fsp3) is 0.484. The number of carbonyl (C=O) groups is 1. The molecule has 0 N–H and O–H groups in total. The van der Waals surface area contributed by atoms with Gasteiger partial charge in [-0.1, -0.05) is 18.2 Å². The number of amides is 1. The Hall–Kier alpha value is -3.50. The summed E-state index contributed by atoms with van der Waals surface area (Å²) in [5.74, 6) is 2.04. The van der Waals surface area contributed by atoms with Gasteiger partial charge in [-0.05, 0) is 68.0 Å². The van der Waals surface area contributed by atoms with E-state index in [1.54, 1.807) is 0 Å². The van der Waals surface area contributed by atoms with E-state index >= 15 is 0 Å². The van der Waals surface area contributed by atoms with E-state index in [0.29, 0.717) is 37.1 Å². The molecule has 7 rings (SSSR count). The number of carbonyl (C=O) groups excluding carboxylic acids is 1. The highest BCUT2D eigenvalue weighted by Crippen LogP contribution is 2.47. The highest BCUT2D eigenvalue weighted by Gasteiger charge is 2.50. The molecule has 3 aromatic rings. The van der Waals surface area contributed by atoms with E-state index in [-0.39, 0.29) is 24.0 Å². The molecule has 7 nitrogen and oxygen atoms in total. The quantitative estimate of drug-likeness (QED) is 0.453. The summed E-state index contributed by atoms with van der Waals surface area (Å²) in [6.07, 6.45) is 9.26. The Morgan fingerprint density at radius 2 is 2.03 bits per heavy atom. The monoisotopic (exact) mass is 507 g/mol. The molecule has 3 aliphatic carbocycles. The molecule has 3 heterocycles. The zero-order valence-corrected chi connectivity index (χ0v) is 21.8. The highest BCUT2D eigenvalue weighted by atomic mass is 16.5. The lowest BCUT2D eigenvalue weighted by Gasteiger charge is -2.43. The first-order valence-electron chi connectivity index (χ1n) is 14.1. The van der Waals surface area contributed by atoms with Gasteiger partial charge in [-0.15, -0.1) is 0 Å². The van der Waals surface area contributed by atoms with Gasteiger partial charge in [-0.2, -0.15) is 5.26 Å². The minimum atomic E-state index is 0.0205. The van der Waals surface area contributed by atoms with Crippen molar-refractivity contribution in [3.8, 4) is 17.2 Å². The number of nitriles is 1. The summed E-state index contributed by atoms with van der Waals surface area (Å²) in [7, 11) is 0. The second-order valence-corrected chi connectivity index (χ2v) is 11.3. The number of pyridine rings is 2. The maximum absolute atomic E-state index is 13.4. The second kappa shape index (κ2) is 9.36. The van der Waals surface area contributed by atoms with E-state index < -0.39 is 0 Å². The molecule has 1 amide bonds. The zero-order chi connectivity index (χ0) is 25.8. The van der Waals surface area contributed by atoms with Gasteiger partial charge >= 0.3 is 0 Å². The van der Waals surface area contributed by atoms with E-state index in [1.165, 1.54) is 12.8 Å². The number of fused-ring (bicyclic) bond motifs is 1. The van der Waals surface area contributed by atoms with Crippen molar-refractivity contribution in [3.05, 3.63) is 54.0 Å². The first-order valence-corrected chi connectivity index (χ1v) is 14.1. The Bertz CT molecular complexity index is 1430. The van der Waals surface area contributed by atoms with Crippen molar-refractivity contribution in [2.75, 3.05) is 31.1 Å². The molecule has 7 heteroatoms. The van der Waals surface area contributed by atoms with Crippen molar-refractivity contribution in [2.45, 2.75) is 57.1 Å². The number of nitrogens with zero attached hydrogens (tertiary/aromatic N) is 5. The molecule has 3 atom stereocenters. The average molecular weight is 508 g/mol. The number of piperazine rings is 1. The standard InChI is InChI=1S/C31H33N5O2/c1-2-38-28-15-26(28)31(37)36-13-12-35(18-27(36)19-6-7-19)30-22(16-32)14-25(29(34-30)20-8-9-20)24-5-3-4-21-17-33-11-10-23(21)24/h3-5,10-11,14,17,19-20,26-28H,2,6-9,12-13,15,18H2,1H3/t26-,27?,28-/m0/s1. The Morgan fingerprint density at radius 1 is 1.16 bits per heavy atom. The summed E-state index contributed by atoms with van der Waals surface area (Å²) in [5, 5.41) is 12.5. The van der Waals surface area contributed by atoms with Crippen LogP contribution in [0.3, 0.4) is 0 Å². The fourth-order valence-corrected chi connectivity index (χ4v) is 6.29. The van der Waals surface area contributed by atoms with Crippen molar-refractivity contribution < 1.29 is 9.53 Å². The normalized spacial score (nSPS) is 24.9. The van der Waals surface area contributed by atoms with Crippen LogP contribution in [0, 0.1) is 23.2 Å². The van der Waals surface area contributed by atoms with Crippen LogP contribution in [-0.2, 0) is 9.53 Å². The maximum atomic E-state index is 13.4. The molecule has 4 aliphatic rings. The fourth-order valence-electron chi connectivity index (χ4n) is 6.29. The number of hydrogen-bond acceptors (Lipinski definition) is 6. The Morgan fingerprint density at radius 3 is 2.79 bits per heavy atom. The van der Waals surface area contributed by atoms with Crippen LogP contribution in [0.4, 0.5) is 5.82 Å². The summed E-state index contributed by atoms with van der Waals surface area (Å²) >= 11 is 0. The van der Waals surface area contributed by atoms with Crippen LogP contribution in [0.15, 0.2) is 42.7 Å². The Balaban J connectivity index is 1.22. The van der Waals surface area contributed by atoms with Crippen LogP contribution in [-0.4, -0.2) is 59.2 Å². The molecule has 1 aromatic carbocycles. The van der Waals surface area contributed by atoms with Crippen molar-refractivity contribution >= 4 is 22.5 Å². The number of anilines is 1. The molecule has 3 saturated carbocycles. The minimum Gasteiger partial charge on any atom is -0.378 e. The molecule has 0 bridgehead atoms. The van der Waals surface area contributed by atoms with Gasteiger partial charge in [0, 0.05) is 55.5 Å². The molecule has 194 valence electrons. The average Bonchev–Trinajstić information content (AvgIpc) is 3.81. The van der Waals surface area contributed by atoms with E-state index in [1.807, 2.05) is 25.4 Å². The van der Waals surface area contributed by atoms with Gasteiger partial charge in [0.05, 0.1) is 29.3 Å². The van der Waals surface area contributed by atoms with E-state index in [2.05, 4.69) is 45.1 Å². The molecule has 0 spiro atoms. The van der Waals surface area contributed by atoms with Crippen molar-refractivity contribution in [1.82, 2.24) is 14.9 Å². The largest absolute Gasteiger partial charge is 0.378 e. The number of ether oxygens (including phenoxy) is 1. The molecule has 0 radical (unpaired) electrons. The predicted molar refractivity (Wildman–Crippen MR) is 146 cm³/mol. The van der Waals surface area contributed by atoms with Crippen LogP contribution < -0.4 is 4.90 Å². The summed E-state index contributed by atoms with van der Waals surface area (Å²) in [4.78, 5) is 27.3. The molecular formula is C31H33N5O2. The van der Waals surface area contributed by atoms with Crippen molar-refractivity contribution in [2.24, 2.45) is 11.8 Å². The molecule has 1 saturated heterocycles. The first-order chi connectivity index (χ1) is 18.7. The first kappa shape index (κ1) is 23.6. The smallest absolute Gasteiger partial charge is 0.228 e. The van der Waals surface area contributed by atoms with E-state index in [4.69, 9.17) is 9.72 Å². The maximum Gasteiger partial charge on any atom is 0.228 e. The second-order valence-electron chi connectivity index (χ2n) is 11.3. The summed E-state index contributed by atoms with van der Waals surface area (Å²) in [5.41, 5.74) is 3.89. The van der Waals surface area contributed by atoms with Gasteiger partial charge in [-0.25, -0.2) is 4.98 Å². The van der Waals surface area contributed by atoms with E-state index in [0.717, 1.165) is 59.2 Å². The SMILES string of the molecule is CCO[C@H]1C[C@@H]1C(=O)N1CCN(c2nc(C3CC3)c(-c3cccc4cnccc34)cc2C#N)CC1C1CC1. The number of hydrogen-bond donors (Lipinski definition) is 0. The van der Waals surface area contributed by atoms with Gasteiger partial charge < -0.3 is 14.5 Å². The van der Waals surface area contributed by atoms with Gasteiger partial charge in [0.2, 0.25) is 5.91 Å². The third kappa shape index (κ3) is 4.21. The van der Waals surface area contributed by atoms with Gasteiger partial charge in [-0.3, -0.25) is 9.78 Å². The van der Waals surface area contributed by atoms with Crippen LogP contribution in [0.1, 0.15) is 56.2 Å².